The van der Waals surface area contributed by atoms with Gasteiger partial charge in [-0.05, 0) is 32.1 Å². The molecule has 3 aliphatic rings. The Morgan fingerprint density at radius 2 is 2.20 bits per heavy atom. The van der Waals surface area contributed by atoms with Crippen molar-refractivity contribution >= 4 is 7.60 Å². The van der Waals surface area contributed by atoms with Gasteiger partial charge in [-0.1, -0.05) is 6.92 Å². The van der Waals surface area contributed by atoms with Crippen molar-refractivity contribution in [2.24, 2.45) is 5.92 Å². The van der Waals surface area contributed by atoms with Crippen molar-refractivity contribution in [1.82, 2.24) is 0 Å². The van der Waals surface area contributed by atoms with Gasteiger partial charge in [-0.15, -0.1) is 0 Å². The summed E-state index contributed by atoms with van der Waals surface area (Å²) in [4.78, 5) is 0. The van der Waals surface area contributed by atoms with E-state index in [0.717, 1.165) is 12.8 Å². The highest BCUT2D eigenvalue weighted by Gasteiger charge is 2.43. The van der Waals surface area contributed by atoms with E-state index in [1.807, 2.05) is 6.92 Å². The summed E-state index contributed by atoms with van der Waals surface area (Å²) < 4.78 is 58.3. The van der Waals surface area contributed by atoms with E-state index in [0.29, 0.717) is 19.0 Å². The molecule has 0 aliphatic carbocycles. The van der Waals surface area contributed by atoms with Crippen LogP contribution >= 0.6 is 7.60 Å². The number of hydrogen-bond donors (Lipinski definition) is 0. The minimum Gasteiger partial charge on any atom is -0.376 e. The second kappa shape index (κ2) is 6.05. The summed E-state index contributed by atoms with van der Waals surface area (Å²) in [5.74, 6) is 0.197. The van der Waals surface area contributed by atoms with Gasteiger partial charge in [0.05, 0.1) is 33.3 Å². The lowest BCUT2D eigenvalue weighted by atomic mass is 9.97. The highest BCUT2D eigenvalue weighted by Crippen LogP contribution is 2.56. The molecule has 0 radical (unpaired) electrons. The molecule has 5 nitrogen and oxygen atoms in total. The summed E-state index contributed by atoms with van der Waals surface area (Å²) in [7, 11) is -3.28. The lowest BCUT2D eigenvalue weighted by Crippen LogP contribution is -2.35. The van der Waals surface area contributed by atoms with Crippen LogP contribution < -0.4 is 0 Å². The van der Waals surface area contributed by atoms with Gasteiger partial charge in [0.1, 0.15) is 0 Å². The van der Waals surface area contributed by atoms with Crippen LogP contribution in [0.5, 0.6) is 0 Å². The van der Waals surface area contributed by atoms with E-state index in [-0.39, 0.29) is 25.0 Å². The minimum absolute atomic E-state index is 0.0211. The minimum atomic E-state index is -3.28. The number of ether oxygens (including phenoxy) is 2. The molecule has 0 aromatic heterocycles. The van der Waals surface area contributed by atoms with Crippen molar-refractivity contribution in [1.29, 1.82) is 0 Å². The molecule has 6 heteroatoms. The van der Waals surface area contributed by atoms with Crippen LogP contribution in [0.2, 0.25) is 0 Å². The van der Waals surface area contributed by atoms with E-state index >= 15 is 0 Å². The van der Waals surface area contributed by atoms with Gasteiger partial charge in [-0.2, -0.15) is 0 Å². The second-order valence-electron chi connectivity index (χ2n) is 5.82. The third-order valence-corrected chi connectivity index (χ3v) is 6.22. The fourth-order valence-electron chi connectivity index (χ4n) is 2.97. The Labute approximate surface area is 125 Å². The van der Waals surface area contributed by atoms with Crippen LogP contribution in [0, 0.1) is 5.92 Å². The van der Waals surface area contributed by atoms with E-state index in [9.17, 15) is 4.57 Å². The molecule has 116 valence electrons. The third kappa shape index (κ3) is 3.12. The summed E-state index contributed by atoms with van der Waals surface area (Å²) in [5.41, 5.74) is 0. The van der Waals surface area contributed by atoms with Crippen molar-refractivity contribution < 1.29 is 27.2 Å². The third-order valence-electron chi connectivity index (χ3n) is 4.18. The molecular formula is C14H25O5P. The molecular weight excluding hydrogens is 279 g/mol. The predicted octanol–water partition coefficient (Wildman–Crippen LogP) is 2.98. The van der Waals surface area contributed by atoms with Gasteiger partial charge < -0.3 is 18.5 Å². The topological polar surface area (TPSA) is 54.0 Å². The van der Waals surface area contributed by atoms with Gasteiger partial charge in [0.25, 0.3) is 0 Å². The predicted molar refractivity (Wildman–Crippen MR) is 75.0 cm³/mol. The van der Waals surface area contributed by atoms with Gasteiger partial charge >= 0.3 is 7.60 Å². The van der Waals surface area contributed by atoms with Crippen LogP contribution in [0.3, 0.4) is 0 Å². The maximum absolute atomic E-state index is 13.0. The van der Waals surface area contributed by atoms with E-state index in [2.05, 4.69) is 0 Å². The molecule has 0 unspecified atom stereocenters. The molecule has 3 aliphatic heterocycles. The fourth-order valence-corrected chi connectivity index (χ4v) is 5.07. The average molecular weight is 309 g/mol. The molecule has 0 bridgehead atoms. The van der Waals surface area contributed by atoms with Crippen molar-refractivity contribution in [3.05, 3.63) is 0 Å². The van der Waals surface area contributed by atoms with E-state index in [4.69, 9.17) is 22.6 Å². The lowest BCUT2D eigenvalue weighted by Gasteiger charge is -2.35. The quantitative estimate of drug-likeness (QED) is 0.750. The highest BCUT2D eigenvalue weighted by molar-refractivity contribution is 7.53. The highest BCUT2D eigenvalue weighted by atomic mass is 31.2. The maximum Gasteiger partial charge on any atom is 0.331 e. The molecule has 3 heterocycles. The standard InChI is InChI=1S/C14H25O5P/c1-10-5-7-17-14(10)13-4-3-9-20(15,19-13)18-12-6-8-16-11(12)2/h10-14H,3-9H2,1-2H3/t10-,11+,12-,13+,14-,20-/m0/s1/i2D,7T,8T/t7-,8-,10+,11-,12+,13-,14+,20+/m1. The molecule has 8 atom stereocenters. The van der Waals surface area contributed by atoms with Gasteiger partial charge in [-0.3, -0.25) is 4.57 Å². The molecule has 3 rings (SSSR count). The first-order valence-corrected chi connectivity index (χ1v) is 9.03. The van der Waals surface area contributed by atoms with E-state index in [1.54, 1.807) is 0 Å². The molecule has 0 amide bonds. The first-order chi connectivity index (χ1) is 10.9. The normalized spacial score (nSPS) is 59.0. The zero-order valence-electron chi connectivity index (χ0n) is 14.8. The Bertz CT molecular complexity index is 468. The van der Waals surface area contributed by atoms with Crippen LogP contribution in [-0.4, -0.2) is 43.7 Å². The van der Waals surface area contributed by atoms with Crippen LogP contribution in [0.15, 0.2) is 0 Å². The SMILES string of the molecule is [2H]C[C@H]1O[C@H]([3H])C[C@@H]1O[P@@]1(=O)CCC[C@H]([C@H]2O[C@H]([3H])C[C@@H]2C)O1. The number of hydrogen-bond acceptors (Lipinski definition) is 5. The van der Waals surface area contributed by atoms with Crippen molar-refractivity contribution in [2.75, 3.05) is 19.3 Å². The van der Waals surface area contributed by atoms with Crippen LogP contribution in [-0.2, 0) is 23.1 Å². The monoisotopic (exact) mass is 309 g/mol. The van der Waals surface area contributed by atoms with Crippen molar-refractivity contribution in [3.63, 3.8) is 0 Å². The van der Waals surface area contributed by atoms with Crippen LogP contribution in [0.1, 0.15) is 43.6 Å². The van der Waals surface area contributed by atoms with Crippen LogP contribution in [0.4, 0.5) is 0 Å². The van der Waals surface area contributed by atoms with Gasteiger partial charge in [0.15, 0.2) is 0 Å². The van der Waals surface area contributed by atoms with Gasteiger partial charge in [-0.25, -0.2) is 0 Å². The molecule has 0 aromatic rings. The summed E-state index contributed by atoms with van der Waals surface area (Å²) >= 11 is 0. The van der Waals surface area contributed by atoms with Gasteiger partial charge in [0, 0.05) is 21.0 Å². The fraction of sp³-hybridized carbons (Fsp3) is 1.00. The Hall–Kier alpha value is 0.0700. The molecule has 20 heavy (non-hydrogen) atoms. The molecule has 0 saturated carbocycles. The maximum atomic E-state index is 13.0. The molecule has 0 N–H and O–H groups in total. The summed E-state index contributed by atoms with van der Waals surface area (Å²) in [6.07, 6.45) is 1.21. The van der Waals surface area contributed by atoms with E-state index in [1.165, 1.54) is 0 Å². The molecule has 3 saturated heterocycles. The largest absolute Gasteiger partial charge is 0.376 e. The Balaban J connectivity index is 1.64. The zero-order chi connectivity index (χ0) is 16.6. The summed E-state index contributed by atoms with van der Waals surface area (Å²) in [6, 6.07) is 0. The lowest BCUT2D eigenvalue weighted by molar-refractivity contribution is -0.0278. The molecule has 0 spiro atoms. The van der Waals surface area contributed by atoms with E-state index < -0.39 is 33.0 Å². The van der Waals surface area contributed by atoms with Crippen molar-refractivity contribution in [2.45, 2.75) is 63.9 Å². The summed E-state index contributed by atoms with van der Waals surface area (Å²) in [6.45, 7) is 0.729. The average Bonchev–Trinajstić information content (AvgIpc) is 3.00. The Morgan fingerprint density at radius 1 is 1.35 bits per heavy atom. The first kappa shape index (κ1) is 11.6. The first-order valence-electron chi connectivity index (χ1n) is 9.17. The van der Waals surface area contributed by atoms with Gasteiger partial charge in [0.2, 0.25) is 0 Å². The molecule has 0 aromatic carbocycles. The Kier molecular flexibility index (Phi) is 3.52. The Morgan fingerprint density at radius 3 is 2.95 bits per heavy atom. The number of rotatable bonds is 3. The second-order valence-corrected chi connectivity index (χ2v) is 7.91. The van der Waals surface area contributed by atoms with Crippen molar-refractivity contribution in [3.8, 4) is 0 Å². The smallest absolute Gasteiger partial charge is 0.331 e. The molecule has 3 fully saturated rings. The van der Waals surface area contributed by atoms with Crippen LogP contribution in [0.25, 0.3) is 0 Å². The summed E-state index contributed by atoms with van der Waals surface area (Å²) in [5, 5.41) is 0. The zero-order valence-corrected chi connectivity index (χ0v) is 12.7.